The van der Waals surface area contributed by atoms with Gasteiger partial charge in [-0.2, -0.15) is 4.98 Å². The standard InChI is InChI=1S/C23H32N10O15P2/c1-2-3-42-47-16-15(10(5-43-49(37,38)39)46-22(16)32-7-28-11-17(24)26-6-27-18(11)32)48-50(40,41)44-4-9-13(34)14(35)21(45-9)33-8-29-12-19(33)30-23(25)31-20(12)36/h6-10,13-16,21-22,34-35H,2-5H2,1H3,(H,40,41)(H2,24,26,27)(H2,37,38,39)(H3,25,30,31,36)/t9-,10-,13?,14+,15?,16+,21-,22-/m1/s1. The molecule has 0 aliphatic carbocycles. The number of phosphoric acid groups is 2. The number of aliphatic hydroxyl groups is 2. The molecule has 0 amide bonds. The predicted molar refractivity (Wildman–Crippen MR) is 162 cm³/mol. The number of nitrogens with one attached hydrogen (secondary N) is 1. The van der Waals surface area contributed by atoms with Crippen LogP contribution in [0.25, 0.3) is 22.3 Å². The average molecular weight is 751 g/mol. The largest absolute Gasteiger partial charge is 0.472 e. The van der Waals surface area contributed by atoms with Gasteiger partial charge in [-0.05, 0) is 6.42 Å². The van der Waals surface area contributed by atoms with Crippen LogP contribution in [0.15, 0.2) is 23.8 Å². The van der Waals surface area contributed by atoms with E-state index in [9.17, 15) is 38.8 Å². The number of nitrogens with zero attached hydrogens (tertiary/aromatic N) is 7. The van der Waals surface area contributed by atoms with Crippen LogP contribution in [0.3, 0.4) is 0 Å². The molecule has 25 nitrogen and oxygen atoms in total. The monoisotopic (exact) mass is 750 g/mol. The average Bonchev–Trinajstić information content (AvgIpc) is 3.80. The Morgan fingerprint density at radius 2 is 1.58 bits per heavy atom. The zero-order valence-electron chi connectivity index (χ0n) is 25.7. The van der Waals surface area contributed by atoms with Gasteiger partial charge in [0.25, 0.3) is 5.56 Å². The zero-order valence-corrected chi connectivity index (χ0v) is 27.5. The summed E-state index contributed by atoms with van der Waals surface area (Å²) in [7, 11) is -10.3. The molecule has 4 aromatic heterocycles. The van der Waals surface area contributed by atoms with Gasteiger partial charge in [-0.25, -0.2) is 38.8 Å². The second-order valence-corrected chi connectivity index (χ2v) is 13.6. The Kier molecular flexibility index (Phi) is 10.3. The quantitative estimate of drug-likeness (QED) is 0.0298. The number of aliphatic hydroxyl groups excluding tert-OH is 2. The van der Waals surface area contributed by atoms with Crippen molar-refractivity contribution >= 4 is 49.7 Å². The minimum absolute atomic E-state index is 0.0212. The fraction of sp³-hybridized carbons (Fsp3) is 0.565. The maximum atomic E-state index is 13.4. The molecule has 2 aliphatic heterocycles. The first kappa shape index (κ1) is 36.3. The van der Waals surface area contributed by atoms with Crippen LogP contribution in [0.1, 0.15) is 25.8 Å². The summed E-state index contributed by atoms with van der Waals surface area (Å²) in [4.78, 5) is 74.9. The molecule has 0 aromatic carbocycles. The molecule has 0 bridgehead atoms. The molecule has 9 atom stereocenters. The van der Waals surface area contributed by atoms with E-state index in [0.29, 0.717) is 6.42 Å². The minimum atomic E-state index is -5.21. The van der Waals surface area contributed by atoms with Crippen LogP contribution < -0.4 is 17.0 Å². The molecule has 10 N–H and O–H groups in total. The van der Waals surface area contributed by atoms with E-state index in [4.69, 9.17) is 39.8 Å². The Labute approximate surface area is 278 Å². The van der Waals surface area contributed by atoms with Crippen molar-refractivity contribution in [1.29, 1.82) is 0 Å². The van der Waals surface area contributed by atoms with Crippen molar-refractivity contribution in [2.45, 2.75) is 62.4 Å². The zero-order chi connectivity index (χ0) is 36.0. The maximum absolute atomic E-state index is 13.4. The Hall–Kier alpha value is -3.52. The first-order valence-electron chi connectivity index (χ1n) is 14.6. The Bertz CT molecular complexity index is 1990. The van der Waals surface area contributed by atoms with Crippen LogP contribution in [-0.4, -0.2) is 120 Å². The molecule has 27 heteroatoms. The third-order valence-corrected chi connectivity index (χ3v) is 9.01. The smallest absolute Gasteiger partial charge is 0.387 e. The molecule has 3 unspecified atom stereocenters. The van der Waals surface area contributed by atoms with Crippen molar-refractivity contribution in [1.82, 2.24) is 39.0 Å². The van der Waals surface area contributed by atoms with Gasteiger partial charge in [0.1, 0.15) is 42.4 Å². The summed E-state index contributed by atoms with van der Waals surface area (Å²) < 4.78 is 54.3. The van der Waals surface area contributed by atoms with Crippen LogP contribution in [-0.2, 0) is 42.0 Å². The lowest BCUT2D eigenvalue weighted by molar-refractivity contribution is -0.343. The molecule has 6 heterocycles. The summed E-state index contributed by atoms with van der Waals surface area (Å²) in [5.74, 6) is -0.230. The number of anilines is 2. The summed E-state index contributed by atoms with van der Waals surface area (Å²) >= 11 is 0. The molecule has 0 radical (unpaired) electrons. The van der Waals surface area contributed by atoms with Gasteiger partial charge in [0.2, 0.25) is 5.95 Å². The van der Waals surface area contributed by atoms with Gasteiger partial charge >= 0.3 is 15.6 Å². The van der Waals surface area contributed by atoms with E-state index in [1.165, 1.54) is 10.9 Å². The highest BCUT2D eigenvalue weighted by atomic mass is 31.2. The molecule has 2 saturated heterocycles. The summed E-state index contributed by atoms with van der Waals surface area (Å²) in [6, 6.07) is 0. The second kappa shape index (κ2) is 14.2. The highest BCUT2D eigenvalue weighted by Crippen LogP contribution is 2.51. The van der Waals surface area contributed by atoms with Crippen LogP contribution in [0.2, 0.25) is 0 Å². The van der Waals surface area contributed by atoms with E-state index >= 15 is 0 Å². The third kappa shape index (κ3) is 7.42. The Morgan fingerprint density at radius 3 is 2.30 bits per heavy atom. The molecule has 0 spiro atoms. The number of phosphoric ester groups is 2. The number of H-pyrrole nitrogens is 1. The van der Waals surface area contributed by atoms with Gasteiger partial charge < -0.3 is 45.8 Å². The Morgan fingerprint density at radius 1 is 0.900 bits per heavy atom. The topological polar surface area (TPSA) is 359 Å². The normalized spacial score (nSPS) is 28.5. The van der Waals surface area contributed by atoms with Crippen molar-refractivity contribution in [2.75, 3.05) is 31.3 Å². The summed E-state index contributed by atoms with van der Waals surface area (Å²) in [5, 5.41) is 21.4. The molecule has 6 rings (SSSR count). The number of nitrogen functional groups attached to an aromatic ring is 2. The van der Waals surface area contributed by atoms with Gasteiger partial charge in [-0.15, -0.1) is 0 Å². The van der Waals surface area contributed by atoms with Gasteiger partial charge in [0.15, 0.2) is 41.2 Å². The van der Waals surface area contributed by atoms with E-state index in [1.807, 2.05) is 0 Å². The van der Waals surface area contributed by atoms with Crippen LogP contribution in [0.4, 0.5) is 11.8 Å². The van der Waals surface area contributed by atoms with Crippen LogP contribution in [0.5, 0.6) is 0 Å². The highest BCUT2D eigenvalue weighted by Gasteiger charge is 2.53. The lowest BCUT2D eigenvalue weighted by atomic mass is 10.1. The summed E-state index contributed by atoms with van der Waals surface area (Å²) in [6.45, 7) is 0.112. The fourth-order valence-electron chi connectivity index (χ4n) is 5.31. The number of nitrogens with two attached hydrogens (primary N) is 2. The molecule has 274 valence electrons. The first-order valence-corrected chi connectivity index (χ1v) is 17.7. The number of ether oxygens (including phenoxy) is 2. The molecule has 0 saturated carbocycles. The van der Waals surface area contributed by atoms with Crippen LogP contribution in [0, 0.1) is 0 Å². The van der Waals surface area contributed by atoms with E-state index < -0.39 is 83.5 Å². The van der Waals surface area contributed by atoms with Crippen molar-refractivity contribution < 1.29 is 66.8 Å². The summed E-state index contributed by atoms with van der Waals surface area (Å²) in [5.41, 5.74) is 11.0. The number of aromatic amines is 1. The minimum Gasteiger partial charge on any atom is -0.387 e. The molecular weight excluding hydrogens is 718 g/mol. The molecular formula is C23H32N10O15P2. The van der Waals surface area contributed by atoms with Crippen molar-refractivity contribution in [3.8, 4) is 0 Å². The molecule has 50 heavy (non-hydrogen) atoms. The number of aromatic nitrogens is 8. The molecule has 2 fully saturated rings. The predicted octanol–water partition coefficient (Wildman–Crippen LogP) is -2.02. The molecule has 4 aromatic rings. The number of fused-ring (bicyclic) bond motifs is 2. The number of hydrogen-bond acceptors (Lipinski definition) is 19. The first-order chi connectivity index (χ1) is 23.7. The number of imidazole rings is 2. The molecule has 2 aliphatic rings. The van der Waals surface area contributed by atoms with Gasteiger partial charge in [-0.3, -0.25) is 32.5 Å². The third-order valence-electron chi connectivity index (χ3n) is 7.54. The lowest BCUT2D eigenvalue weighted by Crippen LogP contribution is -2.38. The van der Waals surface area contributed by atoms with Crippen molar-refractivity contribution in [3.63, 3.8) is 0 Å². The number of hydrogen-bond donors (Lipinski definition) is 8. The lowest BCUT2D eigenvalue weighted by Gasteiger charge is -2.26. The Balaban J connectivity index is 1.22. The maximum Gasteiger partial charge on any atom is 0.472 e. The van der Waals surface area contributed by atoms with Crippen molar-refractivity contribution in [3.05, 3.63) is 29.3 Å². The van der Waals surface area contributed by atoms with Gasteiger partial charge in [0, 0.05) is 0 Å². The highest BCUT2D eigenvalue weighted by molar-refractivity contribution is 7.47. The van der Waals surface area contributed by atoms with E-state index in [-0.39, 0.29) is 40.7 Å². The second-order valence-electron chi connectivity index (χ2n) is 11.0. The van der Waals surface area contributed by atoms with Gasteiger partial charge in [0.05, 0.1) is 32.5 Å². The number of rotatable bonds is 14. The van der Waals surface area contributed by atoms with E-state index in [2.05, 4.69) is 34.4 Å². The van der Waals surface area contributed by atoms with Crippen molar-refractivity contribution in [2.24, 2.45) is 0 Å². The summed E-state index contributed by atoms with van der Waals surface area (Å²) in [6.07, 6.45) is -8.15. The van der Waals surface area contributed by atoms with E-state index in [1.54, 1.807) is 6.92 Å². The van der Waals surface area contributed by atoms with E-state index in [0.717, 1.165) is 17.2 Å². The van der Waals surface area contributed by atoms with Crippen LogP contribution >= 0.6 is 15.6 Å². The fourth-order valence-corrected chi connectivity index (χ4v) is 6.61. The SMILES string of the molecule is CCCOO[C@H]1C(OP(=O)(O)OC[C@H]2O[C@@H](n3cnc4c(=O)[nH]c(N)nc43)[C@@H](O)C2O)[C@@H](COP(=O)(O)O)O[C@H]1n1cnc2c(N)ncnc21. The van der Waals surface area contributed by atoms with Gasteiger partial charge in [-0.1, -0.05) is 6.92 Å².